The molecule has 0 spiro atoms. The maximum Gasteiger partial charge on any atom is 0.249 e. The Balaban J connectivity index is 2.67. The lowest BCUT2D eigenvalue weighted by atomic mass is 10.3. The Kier molecular flexibility index (Phi) is 3.64. The van der Waals surface area contributed by atoms with Crippen LogP contribution < -0.4 is 5.06 Å². The summed E-state index contributed by atoms with van der Waals surface area (Å²) in [6, 6.07) is 0. The van der Waals surface area contributed by atoms with E-state index in [4.69, 9.17) is 0 Å². The highest BCUT2D eigenvalue weighted by Crippen LogP contribution is 2.05. The fourth-order valence-electron chi connectivity index (χ4n) is 0.976. The minimum atomic E-state index is 0.374. The smallest absolute Gasteiger partial charge is 0.249 e. The van der Waals surface area contributed by atoms with E-state index in [1.807, 2.05) is 13.8 Å². The van der Waals surface area contributed by atoms with Gasteiger partial charge in [0.2, 0.25) is 5.95 Å². The summed E-state index contributed by atoms with van der Waals surface area (Å²) < 4.78 is 0. The molecule has 4 heteroatoms. The van der Waals surface area contributed by atoms with Gasteiger partial charge in [-0.3, -0.25) is 5.21 Å². The van der Waals surface area contributed by atoms with E-state index in [2.05, 4.69) is 9.97 Å². The molecule has 4 nitrogen and oxygen atoms in total. The van der Waals surface area contributed by atoms with Gasteiger partial charge in [0, 0.05) is 18.9 Å². The lowest BCUT2D eigenvalue weighted by Crippen LogP contribution is -2.21. The van der Waals surface area contributed by atoms with Gasteiger partial charge in [-0.15, -0.1) is 0 Å². The van der Waals surface area contributed by atoms with Crippen molar-refractivity contribution in [3.63, 3.8) is 0 Å². The Morgan fingerprint density at radius 1 is 1.31 bits per heavy atom. The number of aromatic nitrogens is 2. The fraction of sp³-hybridized carbons (Fsp3) is 0.556. The summed E-state index contributed by atoms with van der Waals surface area (Å²) in [6.45, 7) is 4.59. The predicted molar refractivity (Wildman–Crippen MR) is 50.8 cm³/mol. The van der Waals surface area contributed by atoms with E-state index in [1.54, 1.807) is 12.4 Å². The SMILES string of the molecule is CCCN(O)c1ncc(CC)cn1. The van der Waals surface area contributed by atoms with Gasteiger partial charge in [0.25, 0.3) is 0 Å². The first-order chi connectivity index (χ1) is 6.27. The first kappa shape index (κ1) is 9.92. The second kappa shape index (κ2) is 4.77. The molecule has 1 rings (SSSR count). The predicted octanol–water partition coefficient (Wildman–Crippen LogP) is 1.64. The summed E-state index contributed by atoms with van der Waals surface area (Å²) in [6.07, 6.45) is 5.26. The van der Waals surface area contributed by atoms with Crippen molar-refractivity contribution in [1.82, 2.24) is 9.97 Å². The Morgan fingerprint density at radius 3 is 2.38 bits per heavy atom. The van der Waals surface area contributed by atoms with E-state index >= 15 is 0 Å². The highest BCUT2D eigenvalue weighted by Gasteiger charge is 2.03. The molecule has 13 heavy (non-hydrogen) atoms. The molecule has 0 atom stereocenters. The van der Waals surface area contributed by atoms with Gasteiger partial charge >= 0.3 is 0 Å². The maximum atomic E-state index is 9.39. The molecule has 0 saturated heterocycles. The summed E-state index contributed by atoms with van der Waals surface area (Å²) in [7, 11) is 0. The Bertz CT molecular complexity index is 248. The Labute approximate surface area is 78.2 Å². The molecule has 0 aliphatic carbocycles. The first-order valence-corrected chi connectivity index (χ1v) is 4.55. The van der Waals surface area contributed by atoms with Crippen molar-refractivity contribution in [1.29, 1.82) is 0 Å². The van der Waals surface area contributed by atoms with Crippen LogP contribution in [0.15, 0.2) is 12.4 Å². The highest BCUT2D eigenvalue weighted by molar-refractivity contribution is 5.24. The number of aryl methyl sites for hydroxylation is 1. The minimum Gasteiger partial charge on any atom is -0.286 e. The van der Waals surface area contributed by atoms with Gasteiger partial charge < -0.3 is 0 Å². The van der Waals surface area contributed by atoms with Crippen molar-refractivity contribution in [2.75, 3.05) is 11.6 Å². The second-order valence-corrected chi connectivity index (χ2v) is 2.87. The molecule has 72 valence electrons. The second-order valence-electron chi connectivity index (χ2n) is 2.87. The monoisotopic (exact) mass is 181 g/mol. The highest BCUT2D eigenvalue weighted by atomic mass is 16.5. The molecular weight excluding hydrogens is 166 g/mol. The summed E-state index contributed by atoms with van der Waals surface area (Å²) in [4.78, 5) is 8.07. The summed E-state index contributed by atoms with van der Waals surface area (Å²) >= 11 is 0. The normalized spacial score (nSPS) is 10.1. The number of nitrogens with zero attached hydrogens (tertiary/aromatic N) is 3. The van der Waals surface area contributed by atoms with Crippen molar-refractivity contribution in [2.45, 2.75) is 26.7 Å². The zero-order chi connectivity index (χ0) is 9.68. The molecule has 0 amide bonds. The number of hydrogen-bond donors (Lipinski definition) is 1. The third-order valence-electron chi connectivity index (χ3n) is 1.77. The topological polar surface area (TPSA) is 49.2 Å². The molecule has 0 radical (unpaired) electrons. The van der Waals surface area contributed by atoms with E-state index in [1.165, 1.54) is 0 Å². The van der Waals surface area contributed by atoms with Crippen LogP contribution in [0.3, 0.4) is 0 Å². The largest absolute Gasteiger partial charge is 0.286 e. The van der Waals surface area contributed by atoms with Crippen LogP contribution in [0.25, 0.3) is 0 Å². The van der Waals surface area contributed by atoms with Crippen LogP contribution in [0, 0.1) is 0 Å². The first-order valence-electron chi connectivity index (χ1n) is 4.55. The Hall–Kier alpha value is -1.16. The zero-order valence-electron chi connectivity index (χ0n) is 8.06. The van der Waals surface area contributed by atoms with E-state index in [0.29, 0.717) is 12.5 Å². The lowest BCUT2D eigenvalue weighted by Gasteiger charge is -2.12. The molecule has 0 aromatic carbocycles. The minimum absolute atomic E-state index is 0.374. The lowest BCUT2D eigenvalue weighted by molar-refractivity contribution is 0.247. The van der Waals surface area contributed by atoms with Crippen molar-refractivity contribution in [3.8, 4) is 0 Å². The standard InChI is InChI=1S/C9H15N3O/c1-3-5-12(13)9-10-6-8(4-2)7-11-9/h6-7,13H,3-5H2,1-2H3. The molecule has 0 fully saturated rings. The van der Waals surface area contributed by atoms with Gasteiger partial charge in [0.05, 0.1) is 0 Å². The molecule has 1 aromatic rings. The Morgan fingerprint density at radius 2 is 1.92 bits per heavy atom. The molecular formula is C9H15N3O. The molecule has 0 aliphatic heterocycles. The number of rotatable bonds is 4. The molecule has 1 aromatic heterocycles. The van der Waals surface area contributed by atoms with Crippen LogP contribution in [0.5, 0.6) is 0 Å². The van der Waals surface area contributed by atoms with E-state index in [9.17, 15) is 5.21 Å². The van der Waals surface area contributed by atoms with Gasteiger partial charge in [-0.05, 0) is 18.4 Å². The van der Waals surface area contributed by atoms with Gasteiger partial charge in [-0.2, -0.15) is 0 Å². The van der Waals surface area contributed by atoms with E-state index in [-0.39, 0.29) is 0 Å². The van der Waals surface area contributed by atoms with Crippen molar-refractivity contribution < 1.29 is 5.21 Å². The summed E-state index contributed by atoms with van der Waals surface area (Å²) in [5.41, 5.74) is 1.08. The average Bonchev–Trinajstić information content (AvgIpc) is 2.18. The molecule has 0 saturated carbocycles. The van der Waals surface area contributed by atoms with Gasteiger partial charge in [0.15, 0.2) is 0 Å². The van der Waals surface area contributed by atoms with Crippen molar-refractivity contribution >= 4 is 5.95 Å². The van der Waals surface area contributed by atoms with Gasteiger partial charge in [-0.25, -0.2) is 15.0 Å². The van der Waals surface area contributed by atoms with Crippen LogP contribution in [0.4, 0.5) is 5.95 Å². The molecule has 1 heterocycles. The number of hydroxylamine groups is 1. The van der Waals surface area contributed by atoms with Crippen LogP contribution in [-0.4, -0.2) is 21.7 Å². The summed E-state index contributed by atoms with van der Waals surface area (Å²) in [5.74, 6) is 0.374. The molecule has 0 bridgehead atoms. The molecule has 0 unspecified atom stereocenters. The van der Waals surface area contributed by atoms with Crippen LogP contribution in [0.2, 0.25) is 0 Å². The summed E-state index contributed by atoms with van der Waals surface area (Å²) in [5, 5.41) is 10.5. The molecule has 0 aliphatic rings. The zero-order valence-corrected chi connectivity index (χ0v) is 8.06. The van der Waals surface area contributed by atoms with Gasteiger partial charge in [-0.1, -0.05) is 13.8 Å². The maximum absolute atomic E-state index is 9.39. The van der Waals surface area contributed by atoms with E-state index < -0.39 is 0 Å². The van der Waals surface area contributed by atoms with Gasteiger partial charge in [0.1, 0.15) is 0 Å². The van der Waals surface area contributed by atoms with Crippen LogP contribution in [0.1, 0.15) is 25.8 Å². The van der Waals surface area contributed by atoms with E-state index in [0.717, 1.165) is 23.5 Å². The van der Waals surface area contributed by atoms with Crippen LogP contribution >= 0.6 is 0 Å². The van der Waals surface area contributed by atoms with Crippen molar-refractivity contribution in [2.24, 2.45) is 0 Å². The third kappa shape index (κ3) is 2.66. The third-order valence-corrected chi connectivity index (χ3v) is 1.77. The van der Waals surface area contributed by atoms with Crippen LogP contribution in [-0.2, 0) is 6.42 Å². The molecule has 1 N–H and O–H groups in total. The van der Waals surface area contributed by atoms with Crippen molar-refractivity contribution in [3.05, 3.63) is 18.0 Å². The fourth-order valence-corrected chi connectivity index (χ4v) is 0.976. The average molecular weight is 181 g/mol. The quantitative estimate of drug-likeness (QED) is 0.717. The number of anilines is 1. The number of hydrogen-bond acceptors (Lipinski definition) is 4.